The van der Waals surface area contributed by atoms with Gasteiger partial charge in [-0.05, 0) is 18.8 Å². The molecule has 1 aliphatic carbocycles. The van der Waals surface area contributed by atoms with Crippen molar-refractivity contribution < 1.29 is 5.11 Å². The first-order chi connectivity index (χ1) is 6.65. The quantitative estimate of drug-likeness (QED) is 0.866. The highest BCUT2D eigenvalue weighted by atomic mass is 35.5. The largest absolute Gasteiger partial charge is 0.393 e. The lowest BCUT2D eigenvalue weighted by Crippen LogP contribution is -2.37. The van der Waals surface area contributed by atoms with Crippen molar-refractivity contribution in [3.8, 4) is 0 Å². The van der Waals surface area contributed by atoms with Gasteiger partial charge in [-0.25, -0.2) is 4.98 Å². The van der Waals surface area contributed by atoms with Crippen LogP contribution in [0.4, 0.5) is 5.13 Å². The van der Waals surface area contributed by atoms with Gasteiger partial charge in [-0.1, -0.05) is 11.6 Å². The van der Waals surface area contributed by atoms with Gasteiger partial charge in [-0.2, -0.15) is 0 Å². The lowest BCUT2D eigenvalue weighted by atomic mass is 9.82. The van der Waals surface area contributed by atoms with Gasteiger partial charge in [0.2, 0.25) is 0 Å². The highest BCUT2D eigenvalue weighted by Gasteiger charge is 2.28. The van der Waals surface area contributed by atoms with E-state index in [1.165, 1.54) is 0 Å². The Labute approximate surface area is 92.3 Å². The van der Waals surface area contributed by atoms with Crippen molar-refractivity contribution in [3.63, 3.8) is 0 Å². The van der Waals surface area contributed by atoms with Crippen LogP contribution < -0.4 is 4.90 Å². The molecule has 1 saturated carbocycles. The maximum atomic E-state index is 9.15. The molecule has 0 bridgehead atoms. The zero-order valence-corrected chi connectivity index (χ0v) is 9.55. The Morgan fingerprint density at radius 3 is 2.93 bits per heavy atom. The third kappa shape index (κ3) is 2.19. The maximum Gasteiger partial charge on any atom is 0.186 e. The molecule has 1 aromatic rings. The van der Waals surface area contributed by atoms with Crippen molar-refractivity contribution in [1.29, 1.82) is 0 Å². The van der Waals surface area contributed by atoms with Crippen molar-refractivity contribution in [2.75, 3.05) is 18.5 Å². The minimum atomic E-state index is -0.0757. The standard InChI is InChI=1S/C9H13ClN2OS/c1-12(4-6-2-7(13)3-6)9-11-8(10)5-14-9/h5-7,13H,2-4H2,1H3. The van der Waals surface area contributed by atoms with Crippen LogP contribution in [0.2, 0.25) is 5.15 Å². The highest BCUT2D eigenvalue weighted by Crippen LogP contribution is 2.30. The van der Waals surface area contributed by atoms with Gasteiger partial charge in [0.15, 0.2) is 5.13 Å². The van der Waals surface area contributed by atoms with E-state index in [0.29, 0.717) is 11.1 Å². The monoisotopic (exact) mass is 232 g/mol. The fraction of sp³-hybridized carbons (Fsp3) is 0.667. The predicted molar refractivity (Wildman–Crippen MR) is 59.1 cm³/mol. The smallest absolute Gasteiger partial charge is 0.186 e. The lowest BCUT2D eigenvalue weighted by Gasteiger charge is -2.34. The molecule has 1 N–H and O–H groups in total. The normalized spacial score (nSPS) is 25.9. The molecular formula is C9H13ClN2OS. The Kier molecular flexibility index (Phi) is 2.95. The molecule has 78 valence electrons. The third-order valence-corrected chi connectivity index (χ3v) is 3.81. The molecule has 5 heteroatoms. The summed E-state index contributed by atoms with van der Waals surface area (Å²) in [5, 5.41) is 12.5. The van der Waals surface area contributed by atoms with Crippen molar-refractivity contribution in [3.05, 3.63) is 10.5 Å². The van der Waals surface area contributed by atoms with E-state index in [9.17, 15) is 0 Å². The number of aromatic nitrogens is 1. The Bertz CT molecular complexity index is 312. The Morgan fingerprint density at radius 1 is 1.71 bits per heavy atom. The number of rotatable bonds is 3. The lowest BCUT2D eigenvalue weighted by molar-refractivity contribution is 0.0465. The van der Waals surface area contributed by atoms with Crippen LogP contribution in [-0.4, -0.2) is 29.8 Å². The molecule has 0 unspecified atom stereocenters. The Balaban J connectivity index is 1.86. The topological polar surface area (TPSA) is 36.4 Å². The van der Waals surface area contributed by atoms with Crippen LogP contribution in [0.25, 0.3) is 0 Å². The summed E-state index contributed by atoms with van der Waals surface area (Å²) in [5.41, 5.74) is 0. The fourth-order valence-corrected chi connectivity index (χ4v) is 2.66. The number of anilines is 1. The number of hydrogen-bond acceptors (Lipinski definition) is 4. The van der Waals surface area contributed by atoms with E-state index in [2.05, 4.69) is 9.88 Å². The summed E-state index contributed by atoms with van der Waals surface area (Å²) in [7, 11) is 2.01. The molecule has 1 heterocycles. The molecule has 1 aromatic heterocycles. The first-order valence-electron chi connectivity index (χ1n) is 4.65. The second-order valence-electron chi connectivity index (χ2n) is 3.82. The van der Waals surface area contributed by atoms with Gasteiger partial charge >= 0.3 is 0 Å². The van der Waals surface area contributed by atoms with Crippen LogP contribution in [0.3, 0.4) is 0 Å². The zero-order valence-electron chi connectivity index (χ0n) is 7.98. The van der Waals surface area contributed by atoms with E-state index in [1.54, 1.807) is 11.3 Å². The number of thiazole rings is 1. The van der Waals surface area contributed by atoms with E-state index in [1.807, 2.05) is 12.4 Å². The van der Waals surface area contributed by atoms with Crippen molar-refractivity contribution in [2.24, 2.45) is 5.92 Å². The van der Waals surface area contributed by atoms with E-state index >= 15 is 0 Å². The highest BCUT2D eigenvalue weighted by molar-refractivity contribution is 7.14. The first-order valence-corrected chi connectivity index (χ1v) is 5.91. The minimum absolute atomic E-state index is 0.0757. The Hall–Kier alpha value is -0.320. The number of hydrogen-bond donors (Lipinski definition) is 1. The number of aliphatic hydroxyl groups excluding tert-OH is 1. The molecule has 0 aromatic carbocycles. The third-order valence-electron chi connectivity index (χ3n) is 2.53. The molecule has 0 radical (unpaired) electrons. The Morgan fingerprint density at radius 2 is 2.43 bits per heavy atom. The van der Waals surface area contributed by atoms with Crippen LogP contribution in [0.15, 0.2) is 5.38 Å². The summed E-state index contributed by atoms with van der Waals surface area (Å²) in [5.74, 6) is 0.609. The van der Waals surface area contributed by atoms with Crippen molar-refractivity contribution in [1.82, 2.24) is 4.98 Å². The summed E-state index contributed by atoms with van der Waals surface area (Å²) >= 11 is 7.30. The van der Waals surface area contributed by atoms with Gasteiger partial charge in [-0.3, -0.25) is 0 Å². The molecule has 0 saturated heterocycles. The van der Waals surface area contributed by atoms with Gasteiger partial charge in [0, 0.05) is 19.0 Å². The predicted octanol–water partition coefficient (Wildman–Crippen LogP) is 2.00. The molecule has 14 heavy (non-hydrogen) atoms. The average molecular weight is 233 g/mol. The maximum absolute atomic E-state index is 9.15. The molecule has 1 fully saturated rings. The van der Waals surface area contributed by atoms with Crippen LogP contribution in [0.1, 0.15) is 12.8 Å². The van der Waals surface area contributed by atoms with Gasteiger partial charge in [0.05, 0.1) is 6.10 Å². The second-order valence-corrected chi connectivity index (χ2v) is 5.05. The van der Waals surface area contributed by atoms with Crippen molar-refractivity contribution >= 4 is 28.1 Å². The number of halogens is 1. The second kappa shape index (κ2) is 4.04. The van der Waals surface area contributed by atoms with Gasteiger partial charge in [-0.15, -0.1) is 11.3 Å². The van der Waals surface area contributed by atoms with Crippen LogP contribution in [0.5, 0.6) is 0 Å². The summed E-state index contributed by atoms with van der Waals surface area (Å²) < 4.78 is 0. The zero-order chi connectivity index (χ0) is 10.1. The van der Waals surface area contributed by atoms with Crippen LogP contribution in [-0.2, 0) is 0 Å². The van der Waals surface area contributed by atoms with E-state index in [-0.39, 0.29) is 6.10 Å². The van der Waals surface area contributed by atoms with E-state index in [0.717, 1.165) is 24.5 Å². The SMILES string of the molecule is CN(CC1CC(O)C1)c1nc(Cl)cs1. The van der Waals surface area contributed by atoms with Crippen molar-refractivity contribution in [2.45, 2.75) is 18.9 Å². The first kappa shape index (κ1) is 10.2. The molecule has 0 atom stereocenters. The fourth-order valence-electron chi connectivity index (χ4n) is 1.74. The molecular weight excluding hydrogens is 220 g/mol. The molecule has 1 aliphatic rings. The average Bonchev–Trinajstić information content (AvgIpc) is 2.49. The summed E-state index contributed by atoms with van der Waals surface area (Å²) in [4.78, 5) is 6.29. The van der Waals surface area contributed by atoms with Gasteiger partial charge in [0.25, 0.3) is 0 Å². The molecule has 3 nitrogen and oxygen atoms in total. The molecule has 2 rings (SSSR count). The summed E-state index contributed by atoms with van der Waals surface area (Å²) in [6.07, 6.45) is 1.76. The summed E-state index contributed by atoms with van der Waals surface area (Å²) in [6.45, 7) is 0.959. The van der Waals surface area contributed by atoms with Crippen LogP contribution in [0, 0.1) is 5.92 Å². The molecule has 0 aliphatic heterocycles. The van der Waals surface area contributed by atoms with Gasteiger partial charge < -0.3 is 10.0 Å². The van der Waals surface area contributed by atoms with E-state index in [4.69, 9.17) is 16.7 Å². The van der Waals surface area contributed by atoms with Crippen LogP contribution >= 0.6 is 22.9 Å². The molecule has 0 spiro atoms. The number of nitrogens with zero attached hydrogens (tertiary/aromatic N) is 2. The molecule has 0 amide bonds. The van der Waals surface area contributed by atoms with E-state index < -0.39 is 0 Å². The summed E-state index contributed by atoms with van der Waals surface area (Å²) in [6, 6.07) is 0. The van der Waals surface area contributed by atoms with Gasteiger partial charge in [0.1, 0.15) is 5.15 Å². The minimum Gasteiger partial charge on any atom is -0.393 e. The number of aliphatic hydroxyl groups is 1.